The van der Waals surface area contributed by atoms with Gasteiger partial charge in [-0.3, -0.25) is 10.1 Å². The van der Waals surface area contributed by atoms with Gasteiger partial charge in [0.2, 0.25) is 11.6 Å². The van der Waals surface area contributed by atoms with E-state index in [0.717, 1.165) is 6.33 Å². The van der Waals surface area contributed by atoms with Crippen LogP contribution >= 0.6 is 0 Å². The number of rotatable bonds is 6. The molecule has 0 bridgehead atoms. The maximum Gasteiger partial charge on any atom is 0.353 e. The highest BCUT2D eigenvalue weighted by atomic mass is 16.6. The molecule has 1 aliphatic heterocycles. The molecule has 0 amide bonds. The summed E-state index contributed by atoms with van der Waals surface area (Å²) in [6, 6.07) is 8.72. The number of anilines is 3. The van der Waals surface area contributed by atoms with Crippen molar-refractivity contribution >= 4 is 23.0 Å². The molecule has 11 heteroatoms. The molecule has 3 rings (SSSR count). The second-order valence-electron chi connectivity index (χ2n) is 5.31. The molecule has 2 aromatic rings. The zero-order valence-electron chi connectivity index (χ0n) is 14.0. The Morgan fingerprint density at radius 1 is 1.19 bits per heavy atom. The summed E-state index contributed by atoms with van der Waals surface area (Å²) in [5.74, 6) is 0.915. The van der Waals surface area contributed by atoms with Crippen molar-refractivity contribution in [1.29, 1.82) is 10.5 Å². The van der Waals surface area contributed by atoms with Crippen LogP contribution in [-0.4, -0.2) is 41.2 Å². The highest BCUT2D eigenvalue weighted by Gasteiger charge is 2.27. The van der Waals surface area contributed by atoms with Crippen molar-refractivity contribution in [3.8, 4) is 23.6 Å². The minimum absolute atomic E-state index is 0.0671. The first-order valence-corrected chi connectivity index (χ1v) is 7.79. The molecule has 0 fully saturated rings. The molecule has 0 spiro atoms. The molecular weight excluding hydrogens is 354 g/mol. The van der Waals surface area contributed by atoms with Crippen LogP contribution in [0.25, 0.3) is 0 Å². The van der Waals surface area contributed by atoms with E-state index in [4.69, 9.17) is 20.0 Å². The van der Waals surface area contributed by atoms with E-state index in [9.17, 15) is 10.1 Å². The Balaban J connectivity index is 1.98. The fraction of sp³-hybridized carbons (Fsp3) is 0.250. The first kappa shape index (κ1) is 17.7. The van der Waals surface area contributed by atoms with Gasteiger partial charge in [0.05, 0.1) is 17.1 Å². The molecule has 0 saturated heterocycles. The summed E-state index contributed by atoms with van der Waals surface area (Å²) in [5, 5.41) is 32.3. The number of hydrogen-bond acceptors (Lipinski definition) is 10. The average molecular weight is 367 g/mol. The Morgan fingerprint density at radius 2 is 1.89 bits per heavy atom. The van der Waals surface area contributed by atoms with Crippen LogP contribution in [0.2, 0.25) is 0 Å². The van der Waals surface area contributed by atoms with Crippen LogP contribution in [0.3, 0.4) is 0 Å². The Kier molecular flexibility index (Phi) is 5.14. The topological polar surface area (TPSA) is 150 Å². The highest BCUT2D eigenvalue weighted by molar-refractivity contribution is 5.75. The Labute approximate surface area is 153 Å². The number of benzene rings is 1. The molecule has 0 unspecified atom stereocenters. The zero-order chi connectivity index (χ0) is 19.2. The van der Waals surface area contributed by atoms with Gasteiger partial charge in [0.15, 0.2) is 11.5 Å². The van der Waals surface area contributed by atoms with Crippen molar-refractivity contribution in [1.82, 2.24) is 9.97 Å². The summed E-state index contributed by atoms with van der Waals surface area (Å²) >= 11 is 0. The lowest BCUT2D eigenvalue weighted by atomic mass is 10.2. The summed E-state index contributed by atoms with van der Waals surface area (Å²) < 4.78 is 10.9. The molecule has 1 aromatic heterocycles. The van der Waals surface area contributed by atoms with Gasteiger partial charge in [-0.1, -0.05) is 0 Å². The van der Waals surface area contributed by atoms with Crippen molar-refractivity contribution in [2.24, 2.45) is 0 Å². The van der Waals surface area contributed by atoms with Gasteiger partial charge < -0.3 is 19.7 Å². The quantitative estimate of drug-likeness (QED) is 0.454. The van der Waals surface area contributed by atoms with Crippen molar-refractivity contribution in [2.45, 2.75) is 0 Å². The first-order chi connectivity index (χ1) is 13.1. The summed E-state index contributed by atoms with van der Waals surface area (Å²) in [6.45, 7) is 0.406. The van der Waals surface area contributed by atoms with Gasteiger partial charge in [-0.25, -0.2) is 9.97 Å². The molecule has 2 heterocycles. The van der Waals surface area contributed by atoms with Gasteiger partial charge >= 0.3 is 5.69 Å². The number of aromatic nitrogens is 2. The second-order valence-corrected chi connectivity index (χ2v) is 5.31. The van der Waals surface area contributed by atoms with E-state index in [0.29, 0.717) is 30.4 Å². The monoisotopic (exact) mass is 367 g/mol. The smallest absolute Gasteiger partial charge is 0.353 e. The Morgan fingerprint density at radius 3 is 2.56 bits per heavy atom. The lowest BCUT2D eigenvalue weighted by molar-refractivity contribution is -0.383. The van der Waals surface area contributed by atoms with Crippen LogP contribution in [-0.2, 0) is 0 Å². The fourth-order valence-electron chi connectivity index (χ4n) is 2.49. The number of nitriles is 2. The van der Waals surface area contributed by atoms with Crippen LogP contribution in [0.15, 0.2) is 24.5 Å². The summed E-state index contributed by atoms with van der Waals surface area (Å²) in [4.78, 5) is 20.0. The molecular formula is C16H13N7O4. The number of nitrogens with zero attached hydrogens (tertiary/aromatic N) is 6. The van der Waals surface area contributed by atoms with Crippen molar-refractivity contribution in [3.05, 3.63) is 34.6 Å². The lowest BCUT2D eigenvalue weighted by Gasteiger charge is -2.20. The van der Waals surface area contributed by atoms with Crippen LogP contribution in [0.5, 0.6) is 11.5 Å². The number of hydrogen-bond donors (Lipinski definition) is 1. The standard InChI is InChI=1S/C16H13N7O4/c17-3-5-22(6-4-18)16-14(23(24)25)15(19-10-20-16)21-11-1-2-12-13(9-11)27-8-7-26-12/h1-2,9-10H,5-8H2,(H,19,20,21). The van der Waals surface area contributed by atoms with Gasteiger partial charge in [0.25, 0.3) is 0 Å². The summed E-state index contributed by atoms with van der Waals surface area (Å²) in [6.07, 6.45) is 1.13. The largest absolute Gasteiger partial charge is 0.486 e. The average Bonchev–Trinajstić information content (AvgIpc) is 2.67. The first-order valence-electron chi connectivity index (χ1n) is 7.79. The van der Waals surface area contributed by atoms with Crippen molar-refractivity contribution in [2.75, 3.05) is 36.5 Å². The minimum atomic E-state index is -0.655. The molecule has 11 nitrogen and oxygen atoms in total. The molecule has 1 N–H and O–H groups in total. The molecule has 1 aliphatic rings. The number of ether oxygens (including phenoxy) is 2. The van der Waals surface area contributed by atoms with E-state index < -0.39 is 10.6 Å². The molecule has 136 valence electrons. The van der Waals surface area contributed by atoms with Crippen LogP contribution in [0.4, 0.5) is 23.0 Å². The van der Waals surface area contributed by atoms with E-state index >= 15 is 0 Å². The third kappa shape index (κ3) is 3.77. The molecule has 0 aliphatic carbocycles. The lowest BCUT2D eigenvalue weighted by Crippen LogP contribution is -2.26. The third-order valence-electron chi connectivity index (χ3n) is 3.61. The van der Waals surface area contributed by atoms with Gasteiger partial charge in [-0.15, -0.1) is 0 Å². The SMILES string of the molecule is N#CCN(CC#N)c1ncnc(Nc2ccc3c(c2)OCCO3)c1[N+](=O)[O-]. The normalized spacial score (nSPS) is 11.8. The van der Waals surface area contributed by atoms with Crippen LogP contribution in [0.1, 0.15) is 0 Å². The highest BCUT2D eigenvalue weighted by Crippen LogP contribution is 2.36. The van der Waals surface area contributed by atoms with E-state index in [2.05, 4.69) is 15.3 Å². The van der Waals surface area contributed by atoms with E-state index in [1.54, 1.807) is 18.2 Å². The molecule has 1 aromatic carbocycles. The van der Waals surface area contributed by atoms with Crippen LogP contribution in [0, 0.1) is 32.8 Å². The number of nitro groups is 1. The maximum atomic E-state index is 11.6. The molecule has 27 heavy (non-hydrogen) atoms. The van der Waals surface area contributed by atoms with Gasteiger partial charge in [-0.2, -0.15) is 10.5 Å². The van der Waals surface area contributed by atoms with Gasteiger partial charge in [-0.05, 0) is 12.1 Å². The number of nitrogens with one attached hydrogen (secondary N) is 1. The predicted molar refractivity (Wildman–Crippen MR) is 92.8 cm³/mol. The molecule has 0 radical (unpaired) electrons. The van der Waals surface area contributed by atoms with Crippen LogP contribution < -0.4 is 19.7 Å². The third-order valence-corrected chi connectivity index (χ3v) is 3.61. The minimum Gasteiger partial charge on any atom is -0.486 e. The van der Waals surface area contributed by atoms with Crippen molar-refractivity contribution < 1.29 is 14.4 Å². The Hall–Kier alpha value is -4.12. The second kappa shape index (κ2) is 7.84. The predicted octanol–water partition coefficient (Wildman–Crippen LogP) is 1.75. The fourth-order valence-corrected chi connectivity index (χ4v) is 2.49. The van der Waals surface area contributed by atoms with E-state index in [-0.39, 0.29) is 24.7 Å². The summed E-state index contributed by atoms with van der Waals surface area (Å²) in [7, 11) is 0. The maximum absolute atomic E-state index is 11.6. The zero-order valence-corrected chi connectivity index (χ0v) is 14.0. The number of fused-ring (bicyclic) bond motifs is 1. The van der Waals surface area contributed by atoms with E-state index in [1.807, 2.05) is 12.1 Å². The molecule has 0 saturated carbocycles. The summed E-state index contributed by atoms with van der Waals surface area (Å²) in [5.41, 5.74) is 0.0667. The van der Waals surface area contributed by atoms with Crippen molar-refractivity contribution in [3.63, 3.8) is 0 Å². The van der Waals surface area contributed by atoms with Gasteiger partial charge in [0, 0.05) is 11.8 Å². The Bertz CT molecular complexity index is 935. The molecule has 0 atom stereocenters. The van der Waals surface area contributed by atoms with E-state index in [1.165, 1.54) is 4.90 Å². The van der Waals surface area contributed by atoms with Gasteiger partial charge in [0.1, 0.15) is 32.6 Å².